The van der Waals surface area contributed by atoms with Crippen LogP contribution in [0.1, 0.15) is 0 Å². The van der Waals surface area contributed by atoms with Gasteiger partial charge in [-0.05, 0) is 24.4 Å². The van der Waals surface area contributed by atoms with Gasteiger partial charge in [0.05, 0.1) is 6.04 Å². The van der Waals surface area contributed by atoms with Gasteiger partial charge < -0.3 is 10.6 Å². The van der Waals surface area contributed by atoms with Crippen LogP contribution in [0, 0.1) is 0 Å². The van der Waals surface area contributed by atoms with Crippen LogP contribution in [0.2, 0.25) is 0 Å². The van der Waals surface area contributed by atoms with Crippen LogP contribution >= 0.6 is 0 Å². The first-order chi connectivity index (χ1) is 5.95. The average molecular weight is 160 g/mol. The first-order valence-electron chi connectivity index (χ1n) is 4.17. The number of para-hydroxylation sites is 1. The van der Waals surface area contributed by atoms with Gasteiger partial charge in [0.25, 0.3) is 0 Å². The molecule has 0 aliphatic carbocycles. The number of hydrogen-bond acceptors (Lipinski definition) is 2. The molecule has 1 aliphatic heterocycles. The van der Waals surface area contributed by atoms with Gasteiger partial charge in [0, 0.05) is 12.2 Å². The second-order valence-corrected chi connectivity index (χ2v) is 2.88. The van der Waals surface area contributed by atoms with Crippen molar-refractivity contribution in [3.8, 4) is 0 Å². The van der Waals surface area contributed by atoms with Gasteiger partial charge in [-0.2, -0.15) is 0 Å². The normalized spacial score (nSPS) is 20.5. The maximum absolute atomic E-state index is 3.39. The van der Waals surface area contributed by atoms with Crippen LogP contribution in [-0.2, 0) is 0 Å². The lowest BCUT2D eigenvalue weighted by Gasteiger charge is -2.10. The summed E-state index contributed by atoms with van der Waals surface area (Å²) in [5.41, 5.74) is 1.18. The van der Waals surface area contributed by atoms with E-state index >= 15 is 0 Å². The molecule has 0 aromatic heterocycles. The summed E-state index contributed by atoms with van der Waals surface area (Å²) in [6, 6.07) is 10.7. The van der Waals surface area contributed by atoms with E-state index in [0.29, 0.717) is 6.04 Å². The molecular weight excluding hydrogens is 148 g/mol. The Kier molecular flexibility index (Phi) is 1.99. The van der Waals surface area contributed by atoms with Crippen molar-refractivity contribution in [3.63, 3.8) is 0 Å². The van der Waals surface area contributed by atoms with Crippen LogP contribution < -0.4 is 10.6 Å². The molecule has 12 heavy (non-hydrogen) atoms. The maximum Gasteiger partial charge on any atom is 0.0633 e. The van der Waals surface area contributed by atoms with E-state index < -0.39 is 0 Å². The van der Waals surface area contributed by atoms with Gasteiger partial charge in [-0.1, -0.05) is 18.2 Å². The van der Waals surface area contributed by atoms with E-state index in [4.69, 9.17) is 0 Å². The molecule has 1 aliphatic rings. The number of benzene rings is 1. The molecule has 0 radical (unpaired) electrons. The van der Waals surface area contributed by atoms with Crippen molar-refractivity contribution in [3.05, 3.63) is 42.6 Å². The van der Waals surface area contributed by atoms with Gasteiger partial charge in [0.15, 0.2) is 0 Å². The topological polar surface area (TPSA) is 24.1 Å². The first-order valence-corrected chi connectivity index (χ1v) is 4.17. The third kappa shape index (κ3) is 1.59. The van der Waals surface area contributed by atoms with E-state index in [2.05, 4.69) is 28.8 Å². The summed E-state index contributed by atoms with van der Waals surface area (Å²) < 4.78 is 0. The largest absolute Gasteiger partial charge is 0.389 e. The molecule has 2 rings (SSSR count). The highest BCUT2D eigenvalue weighted by atomic mass is 15.0. The zero-order valence-electron chi connectivity index (χ0n) is 6.83. The van der Waals surface area contributed by atoms with Crippen molar-refractivity contribution in [1.29, 1.82) is 0 Å². The van der Waals surface area contributed by atoms with Crippen LogP contribution in [0.15, 0.2) is 42.6 Å². The van der Waals surface area contributed by atoms with Crippen LogP contribution in [-0.4, -0.2) is 12.6 Å². The molecule has 2 heteroatoms. The quantitative estimate of drug-likeness (QED) is 0.686. The van der Waals surface area contributed by atoms with E-state index in [1.807, 2.05) is 24.4 Å². The van der Waals surface area contributed by atoms with E-state index in [9.17, 15) is 0 Å². The fourth-order valence-electron chi connectivity index (χ4n) is 1.29. The van der Waals surface area contributed by atoms with Crippen LogP contribution in [0.4, 0.5) is 5.69 Å². The Balaban J connectivity index is 1.99. The Morgan fingerprint density at radius 3 is 2.75 bits per heavy atom. The minimum absolute atomic E-state index is 0.437. The van der Waals surface area contributed by atoms with Crippen molar-refractivity contribution < 1.29 is 0 Å². The Hall–Kier alpha value is -1.44. The van der Waals surface area contributed by atoms with Crippen molar-refractivity contribution >= 4 is 5.69 Å². The lowest BCUT2D eigenvalue weighted by Crippen LogP contribution is -2.22. The molecule has 0 saturated heterocycles. The standard InChI is InChI=1S/C10H12N2/c1-2-4-9(5-3-1)12-10-6-7-11-8-10/h1-7,10-12H,8H2. The zero-order chi connectivity index (χ0) is 8.23. The van der Waals surface area contributed by atoms with Gasteiger partial charge >= 0.3 is 0 Å². The first kappa shape index (κ1) is 7.22. The fourth-order valence-corrected chi connectivity index (χ4v) is 1.29. The van der Waals surface area contributed by atoms with Gasteiger partial charge in [0.2, 0.25) is 0 Å². The summed E-state index contributed by atoms with van der Waals surface area (Å²) in [7, 11) is 0. The molecular formula is C10H12N2. The molecule has 2 nitrogen and oxygen atoms in total. The molecule has 0 bridgehead atoms. The Bertz CT molecular complexity index is 266. The smallest absolute Gasteiger partial charge is 0.0633 e. The van der Waals surface area contributed by atoms with Crippen molar-refractivity contribution in [2.45, 2.75) is 6.04 Å². The van der Waals surface area contributed by atoms with Gasteiger partial charge in [-0.3, -0.25) is 0 Å². The Morgan fingerprint density at radius 1 is 1.25 bits per heavy atom. The molecule has 0 spiro atoms. The molecule has 1 unspecified atom stereocenters. The van der Waals surface area contributed by atoms with Crippen molar-refractivity contribution in [1.82, 2.24) is 5.32 Å². The van der Waals surface area contributed by atoms with Gasteiger partial charge in [-0.15, -0.1) is 0 Å². The van der Waals surface area contributed by atoms with Gasteiger partial charge in [0.1, 0.15) is 0 Å². The summed E-state index contributed by atoms with van der Waals surface area (Å²) in [4.78, 5) is 0. The highest BCUT2D eigenvalue weighted by Gasteiger charge is 2.06. The lowest BCUT2D eigenvalue weighted by atomic mass is 10.2. The van der Waals surface area contributed by atoms with E-state index in [1.165, 1.54) is 5.69 Å². The van der Waals surface area contributed by atoms with E-state index in [0.717, 1.165) is 6.54 Å². The summed E-state index contributed by atoms with van der Waals surface area (Å²) in [5, 5.41) is 6.54. The van der Waals surface area contributed by atoms with E-state index in [1.54, 1.807) is 0 Å². The van der Waals surface area contributed by atoms with Crippen molar-refractivity contribution in [2.24, 2.45) is 0 Å². The predicted octanol–water partition coefficient (Wildman–Crippen LogP) is 1.58. The zero-order valence-corrected chi connectivity index (χ0v) is 6.83. The van der Waals surface area contributed by atoms with Crippen LogP contribution in [0.5, 0.6) is 0 Å². The third-order valence-electron chi connectivity index (χ3n) is 1.91. The van der Waals surface area contributed by atoms with Crippen molar-refractivity contribution in [2.75, 3.05) is 11.9 Å². The second kappa shape index (κ2) is 3.30. The molecule has 1 aromatic rings. The van der Waals surface area contributed by atoms with E-state index in [-0.39, 0.29) is 0 Å². The second-order valence-electron chi connectivity index (χ2n) is 2.88. The monoisotopic (exact) mass is 160 g/mol. The Morgan fingerprint density at radius 2 is 2.08 bits per heavy atom. The predicted molar refractivity (Wildman–Crippen MR) is 51.0 cm³/mol. The SMILES string of the molecule is C1=CC(Nc2ccccc2)CN1. The van der Waals surface area contributed by atoms with Crippen LogP contribution in [0.25, 0.3) is 0 Å². The molecule has 1 atom stereocenters. The number of nitrogens with one attached hydrogen (secondary N) is 2. The maximum atomic E-state index is 3.39. The van der Waals surface area contributed by atoms with Gasteiger partial charge in [-0.25, -0.2) is 0 Å². The van der Waals surface area contributed by atoms with Crippen LogP contribution in [0.3, 0.4) is 0 Å². The number of rotatable bonds is 2. The third-order valence-corrected chi connectivity index (χ3v) is 1.91. The number of hydrogen-bond donors (Lipinski definition) is 2. The molecule has 2 N–H and O–H groups in total. The average Bonchev–Trinajstić information content (AvgIpc) is 2.59. The summed E-state index contributed by atoms with van der Waals surface area (Å²) >= 11 is 0. The highest BCUT2D eigenvalue weighted by molar-refractivity contribution is 5.44. The molecule has 1 aromatic carbocycles. The highest BCUT2D eigenvalue weighted by Crippen LogP contribution is 2.08. The summed E-state index contributed by atoms with van der Waals surface area (Å²) in [5.74, 6) is 0. The summed E-state index contributed by atoms with van der Waals surface area (Å²) in [6.07, 6.45) is 4.12. The minimum Gasteiger partial charge on any atom is -0.389 e. The lowest BCUT2D eigenvalue weighted by molar-refractivity contribution is 0.835. The molecule has 0 saturated carbocycles. The Labute approximate surface area is 72.3 Å². The molecule has 0 fully saturated rings. The number of anilines is 1. The molecule has 1 heterocycles. The minimum atomic E-state index is 0.437. The fraction of sp³-hybridized carbons (Fsp3) is 0.200. The molecule has 62 valence electrons. The summed E-state index contributed by atoms with van der Waals surface area (Å²) in [6.45, 7) is 0.981. The molecule has 0 amide bonds.